The predicted molar refractivity (Wildman–Crippen MR) is 110 cm³/mol. The van der Waals surface area contributed by atoms with Crippen molar-refractivity contribution in [3.8, 4) is 11.5 Å². The molecule has 3 aromatic carbocycles. The minimum absolute atomic E-state index is 0.164. The molecular formula is C23H22N2O3. The molecule has 0 heterocycles. The van der Waals surface area contributed by atoms with E-state index < -0.39 is 0 Å². The van der Waals surface area contributed by atoms with Crippen LogP contribution in [0.15, 0.2) is 78.9 Å². The Balaban J connectivity index is 1.54. The van der Waals surface area contributed by atoms with Crippen molar-refractivity contribution in [2.45, 2.75) is 13.3 Å². The standard InChI is InChI=1S/C23H22N2O3/c1-17-9-5-6-12-19(17)23(27)24-16-15-22(26)25-20-13-7-8-14-21(20)28-18-10-3-2-4-11-18/h2-14H,15-16H2,1H3,(H,24,27)(H,25,26). The number of hydrogen-bond acceptors (Lipinski definition) is 3. The highest BCUT2D eigenvalue weighted by molar-refractivity contribution is 5.96. The molecule has 28 heavy (non-hydrogen) atoms. The first-order valence-electron chi connectivity index (χ1n) is 9.09. The van der Waals surface area contributed by atoms with Gasteiger partial charge in [0.05, 0.1) is 5.69 Å². The van der Waals surface area contributed by atoms with Gasteiger partial charge in [0.15, 0.2) is 5.75 Å². The van der Waals surface area contributed by atoms with Gasteiger partial charge in [-0.1, -0.05) is 48.5 Å². The Morgan fingerprint density at radius 1 is 0.857 bits per heavy atom. The number of carbonyl (C=O) groups is 2. The van der Waals surface area contributed by atoms with Crippen molar-refractivity contribution in [3.63, 3.8) is 0 Å². The number of benzene rings is 3. The van der Waals surface area contributed by atoms with Crippen LogP contribution in [0.5, 0.6) is 11.5 Å². The van der Waals surface area contributed by atoms with Gasteiger partial charge in [0, 0.05) is 18.5 Å². The highest BCUT2D eigenvalue weighted by Gasteiger charge is 2.11. The van der Waals surface area contributed by atoms with Crippen molar-refractivity contribution in [1.29, 1.82) is 0 Å². The molecule has 0 saturated carbocycles. The largest absolute Gasteiger partial charge is 0.455 e. The van der Waals surface area contributed by atoms with Crippen LogP contribution in [0, 0.1) is 6.92 Å². The van der Waals surface area contributed by atoms with E-state index in [2.05, 4.69) is 10.6 Å². The van der Waals surface area contributed by atoms with Gasteiger partial charge in [0.2, 0.25) is 5.91 Å². The quantitative estimate of drug-likeness (QED) is 0.638. The van der Waals surface area contributed by atoms with Crippen LogP contribution >= 0.6 is 0 Å². The maximum absolute atomic E-state index is 12.3. The number of ether oxygens (including phenoxy) is 1. The molecule has 2 amide bonds. The van der Waals surface area contributed by atoms with Crippen molar-refractivity contribution >= 4 is 17.5 Å². The Labute approximate surface area is 164 Å². The topological polar surface area (TPSA) is 67.4 Å². The summed E-state index contributed by atoms with van der Waals surface area (Å²) < 4.78 is 5.84. The second-order valence-corrected chi connectivity index (χ2v) is 6.28. The van der Waals surface area contributed by atoms with Crippen molar-refractivity contribution in [1.82, 2.24) is 5.32 Å². The number of aryl methyl sites for hydroxylation is 1. The maximum Gasteiger partial charge on any atom is 0.251 e. The van der Waals surface area contributed by atoms with Crippen molar-refractivity contribution in [3.05, 3.63) is 90.0 Å². The fourth-order valence-electron chi connectivity index (χ4n) is 2.70. The summed E-state index contributed by atoms with van der Waals surface area (Å²) in [5.74, 6) is 0.869. The molecule has 5 heteroatoms. The van der Waals surface area contributed by atoms with Crippen LogP contribution in [0.1, 0.15) is 22.3 Å². The maximum atomic E-state index is 12.3. The first-order chi connectivity index (χ1) is 13.6. The molecule has 0 aliphatic rings. The van der Waals surface area contributed by atoms with E-state index >= 15 is 0 Å². The van der Waals surface area contributed by atoms with E-state index in [0.717, 1.165) is 5.56 Å². The van der Waals surface area contributed by atoms with Gasteiger partial charge in [0.1, 0.15) is 5.75 Å². The summed E-state index contributed by atoms with van der Waals surface area (Å²) in [6.45, 7) is 2.13. The van der Waals surface area contributed by atoms with Crippen LogP contribution in [0.25, 0.3) is 0 Å². The molecule has 0 fully saturated rings. The van der Waals surface area contributed by atoms with Crippen LogP contribution in [-0.4, -0.2) is 18.4 Å². The zero-order valence-corrected chi connectivity index (χ0v) is 15.6. The minimum atomic E-state index is -0.200. The lowest BCUT2D eigenvalue weighted by Crippen LogP contribution is -2.28. The van der Waals surface area contributed by atoms with Crippen LogP contribution in [0.2, 0.25) is 0 Å². The van der Waals surface area contributed by atoms with E-state index in [4.69, 9.17) is 4.74 Å². The third-order valence-electron chi connectivity index (χ3n) is 4.16. The molecule has 0 aliphatic carbocycles. The fraction of sp³-hybridized carbons (Fsp3) is 0.130. The number of nitrogens with one attached hydrogen (secondary N) is 2. The van der Waals surface area contributed by atoms with E-state index in [1.165, 1.54) is 0 Å². The Morgan fingerprint density at radius 3 is 2.32 bits per heavy atom. The average Bonchev–Trinajstić information content (AvgIpc) is 2.70. The second kappa shape index (κ2) is 9.37. The second-order valence-electron chi connectivity index (χ2n) is 6.28. The zero-order chi connectivity index (χ0) is 19.8. The normalized spacial score (nSPS) is 10.2. The van der Waals surface area contributed by atoms with Gasteiger partial charge in [-0.2, -0.15) is 0 Å². The van der Waals surface area contributed by atoms with Gasteiger partial charge >= 0.3 is 0 Å². The molecule has 0 spiro atoms. The van der Waals surface area contributed by atoms with Crippen molar-refractivity contribution < 1.29 is 14.3 Å². The minimum Gasteiger partial charge on any atom is -0.455 e. The average molecular weight is 374 g/mol. The van der Waals surface area contributed by atoms with E-state index in [9.17, 15) is 9.59 Å². The Bertz CT molecular complexity index is 955. The van der Waals surface area contributed by atoms with Gasteiger partial charge in [0.25, 0.3) is 5.91 Å². The molecule has 0 unspecified atom stereocenters. The summed E-state index contributed by atoms with van der Waals surface area (Å²) >= 11 is 0. The first kappa shape index (κ1) is 19.2. The summed E-state index contributed by atoms with van der Waals surface area (Å²) in [6.07, 6.45) is 0.164. The number of carbonyl (C=O) groups excluding carboxylic acids is 2. The van der Waals surface area contributed by atoms with E-state index in [0.29, 0.717) is 22.7 Å². The number of para-hydroxylation sites is 3. The summed E-state index contributed by atoms with van der Waals surface area (Å²) in [5, 5.41) is 5.62. The third kappa shape index (κ3) is 5.20. The molecule has 0 bridgehead atoms. The smallest absolute Gasteiger partial charge is 0.251 e. The van der Waals surface area contributed by atoms with Gasteiger partial charge in [-0.25, -0.2) is 0 Å². The molecule has 0 aromatic heterocycles. The van der Waals surface area contributed by atoms with Crippen LogP contribution in [0.4, 0.5) is 5.69 Å². The zero-order valence-electron chi connectivity index (χ0n) is 15.6. The van der Waals surface area contributed by atoms with Crippen molar-refractivity contribution in [2.75, 3.05) is 11.9 Å². The number of amides is 2. The van der Waals surface area contributed by atoms with Gasteiger partial charge < -0.3 is 15.4 Å². The molecule has 5 nitrogen and oxygen atoms in total. The molecule has 0 saturated heterocycles. The molecular weight excluding hydrogens is 352 g/mol. The predicted octanol–water partition coefficient (Wildman–Crippen LogP) is 4.55. The number of hydrogen-bond donors (Lipinski definition) is 2. The molecule has 0 radical (unpaired) electrons. The monoisotopic (exact) mass is 374 g/mol. The molecule has 0 atom stereocenters. The lowest BCUT2D eigenvalue weighted by molar-refractivity contribution is -0.116. The molecule has 3 aromatic rings. The molecule has 2 N–H and O–H groups in total. The third-order valence-corrected chi connectivity index (χ3v) is 4.16. The lowest BCUT2D eigenvalue weighted by atomic mass is 10.1. The number of anilines is 1. The highest BCUT2D eigenvalue weighted by Crippen LogP contribution is 2.29. The van der Waals surface area contributed by atoms with E-state index in [-0.39, 0.29) is 24.8 Å². The summed E-state index contributed by atoms with van der Waals surface area (Å²) in [5.41, 5.74) is 2.10. The van der Waals surface area contributed by atoms with Gasteiger partial charge in [-0.3, -0.25) is 9.59 Å². The Hall–Kier alpha value is -3.60. The summed E-state index contributed by atoms with van der Waals surface area (Å²) in [7, 11) is 0. The van der Waals surface area contributed by atoms with E-state index in [1.54, 1.807) is 18.2 Å². The lowest BCUT2D eigenvalue weighted by Gasteiger charge is -2.12. The SMILES string of the molecule is Cc1ccccc1C(=O)NCCC(=O)Nc1ccccc1Oc1ccccc1. The highest BCUT2D eigenvalue weighted by atomic mass is 16.5. The van der Waals surface area contributed by atoms with Crippen LogP contribution in [-0.2, 0) is 4.79 Å². The Kier molecular flexibility index (Phi) is 6.41. The van der Waals surface area contributed by atoms with Gasteiger partial charge in [-0.15, -0.1) is 0 Å². The molecule has 142 valence electrons. The number of rotatable bonds is 7. The fourth-order valence-corrected chi connectivity index (χ4v) is 2.70. The summed E-state index contributed by atoms with van der Waals surface area (Å²) in [6, 6.07) is 24.0. The summed E-state index contributed by atoms with van der Waals surface area (Å²) in [4.78, 5) is 24.5. The Morgan fingerprint density at radius 2 is 1.54 bits per heavy atom. The van der Waals surface area contributed by atoms with Crippen LogP contribution in [0.3, 0.4) is 0 Å². The molecule has 0 aliphatic heterocycles. The van der Waals surface area contributed by atoms with Crippen LogP contribution < -0.4 is 15.4 Å². The van der Waals surface area contributed by atoms with Gasteiger partial charge in [-0.05, 0) is 42.8 Å². The molecule has 3 rings (SSSR count). The van der Waals surface area contributed by atoms with E-state index in [1.807, 2.05) is 67.6 Å². The first-order valence-corrected chi connectivity index (χ1v) is 9.09. The van der Waals surface area contributed by atoms with Crippen molar-refractivity contribution in [2.24, 2.45) is 0 Å².